The van der Waals surface area contributed by atoms with Gasteiger partial charge in [0.15, 0.2) is 6.23 Å². The van der Waals surface area contributed by atoms with Crippen molar-refractivity contribution in [2.24, 2.45) is 0 Å². The van der Waals surface area contributed by atoms with Crippen molar-refractivity contribution in [1.82, 2.24) is 5.06 Å². The minimum absolute atomic E-state index is 0.0578. The van der Waals surface area contributed by atoms with E-state index in [-0.39, 0.29) is 6.23 Å². The average molecular weight is 179 g/mol. The number of hydroxylamine groups is 2. The number of rotatable bonds is 2. The normalized spacial score (nSPS) is 23.3. The Labute approximate surface area is 77.8 Å². The van der Waals surface area contributed by atoms with Gasteiger partial charge in [0.2, 0.25) is 0 Å². The van der Waals surface area contributed by atoms with Crippen LogP contribution >= 0.6 is 0 Å². The molecule has 0 bridgehead atoms. The van der Waals surface area contributed by atoms with Crippen LogP contribution in [0.15, 0.2) is 30.3 Å². The smallest absolute Gasteiger partial charge is 0.176 e. The van der Waals surface area contributed by atoms with Crippen LogP contribution in [-0.2, 0) is 4.84 Å². The molecule has 70 valence electrons. The summed E-state index contributed by atoms with van der Waals surface area (Å²) in [7, 11) is 1.89. The van der Waals surface area contributed by atoms with Crippen LogP contribution in [-0.4, -0.2) is 24.9 Å². The summed E-state index contributed by atoms with van der Waals surface area (Å²) in [5.74, 6) is 0.893. The summed E-state index contributed by atoms with van der Waals surface area (Å²) in [5.41, 5.74) is 0. The van der Waals surface area contributed by atoms with Gasteiger partial charge in [0.1, 0.15) is 5.75 Å². The Kier molecular flexibility index (Phi) is 2.47. The summed E-state index contributed by atoms with van der Waals surface area (Å²) in [6.45, 7) is 0.744. The van der Waals surface area contributed by atoms with Gasteiger partial charge in [-0.05, 0) is 12.1 Å². The molecule has 1 unspecified atom stereocenters. The summed E-state index contributed by atoms with van der Waals surface area (Å²) in [4.78, 5) is 5.25. The Hall–Kier alpha value is -1.06. The van der Waals surface area contributed by atoms with Crippen molar-refractivity contribution in [2.75, 3.05) is 13.7 Å². The second-order valence-electron chi connectivity index (χ2n) is 3.05. The number of para-hydroxylation sites is 1. The molecule has 3 heteroatoms. The molecule has 0 amide bonds. The van der Waals surface area contributed by atoms with Gasteiger partial charge in [-0.25, -0.2) is 0 Å². The van der Waals surface area contributed by atoms with Crippen molar-refractivity contribution in [1.29, 1.82) is 0 Å². The van der Waals surface area contributed by atoms with Crippen LogP contribution in [0, 0.1) is 0 Å². The number of ether oxygens (including phenoxy) is 1. The molecule has 0 spiro atoms. The fourth-order valence-corrected chi connectivity index (χ4v) is 1.35. The van der Waals surface area contributed by atoms with E-state index in [1.54, 1.807) is 5.06 Å². The van der Waals surface area contributed by atoms with E-state index in [9.17, 15) is 0 Å². The van der Waals surface area contributed by atoms with Crippen molar-refractivity contribution in [3.05, 3.63) is 30.3 Å². The van der Waals surface area contributed by atoms with Gasteiger partial charge in [0.05, 0.1) is 6.61 Å². The maximum absolute atomic E-state index is 5.69. The quantitative estimate of drug-likeness (QED) is 0.689. The van der Waals surface area contributed by atoms with Crippen molar-refractivity contribution < 1.29 is 9.57 Å². The Morgan fingerprint density at radius 2 is 2.15 bits per heavy atom. The van der Waals surface area contributed by atoms with Crippen LogP contribution in [0.3, 0.4) is 0 Å². The van der Waals surface area contributed by atoms with Crippen LogP contribution in [0.4, 0.5) is 0 Å². The predicted molar refractivity (Wildman–Crippen MR) is 49.2 cm³/mol. The maximum Gasteiger partial charge on any atom is 0.176 e. The molecule has 1 aromatic carbocycles. The predicted octanol–water partition coefficient (Wildman–Crippen LogP) is 1.66. The minimum Gasteiger partial charge on any atom is -0.473 e. The molecule has 1 atom stereocenters. The molecule has 0 aromatic heterocycles. The first-order chi connectivity index (χ1) is 6.36. The Bertz CT molecular complexity index is 263. The SMILES string of the molecule is CN1OCCC1Oc1ccccc1. The van der Waals surface area contributed by atoms with Gasteiger partial charge in [0, 0.05) is 13.5 Å². The molecular formula is C10H13NO2. The second kappa shape index (κ2) is 3.77. The van der Waals surface area contributed by atoms with Gasteiger partial charge in [-0.15, -0.1) is 0 Å². The largest absolute Gasteiger partial charge is 0.473 e. The average Bonchev–Trinajstić information content (AvgIpc) is 2.54. The fourth-order valence-electron chi connectivity index (χ4n) is 1.35. The van der Waals surface area contributed by atoms with E-state index in [0.29, 0.717) is 0 Å². The lowest BCUT2D eigenvalue weighted by atomic mass is 10.3. The number of benzene rings is 1. The summed E-state index contributed by atoms with van der Waals surface area (Å²) in [6, 6.07) is 9.80. The van der Waals surface area contributed by atoms with Crippen molar-refractivity contribution in [2.45, 2.75) is 12.6 Å². The summed E-state index contributed by atoms with van der Waals surface area (Å²) >= 11 is 0. The van der Waals surface area contributed by atoms with Gasteiger partial charge in [-0.3, -0.25) is 4.84 Å². The van der Waals surface area contributed by atoms with E-state index in [0.717, 1.165) is 18.8 Å². The van der Waals surface area contributed by atoms with Gasteiger partial charge in [-0.2, -0.15) is 5.06 Å². The minimum atomic E-state index is 0.0578. The molecule has 0 saturated carbocycles. The zero-order chi connectivity index (χ0) is 9.10. The highest BCUT2D eigenvalue weighted by Crippen LogP contribution is 2.18. The Balaban J connectivity index is 1.98. The van der Waals surface area contributed by atoms with E-state index < -0.39 is 0 Å². The lowest BCUT2D eigenvalue weighted by Crippen LogP contribution is -2.29. The summed E-state index contributed by atoms with van der Waals surface area (Å²) in [5, 5.41) is 1.76. The second-order valence-corrected chi connectivity index (χ2v) is 3.05. The van der Waals surface area contributed by atoms with Crippen molar-refractivity contribution in [3.8, 4) is 5.75 Å². The van der Waals surface area contributed by atoms with Crippen LogP contribution in [0.5, 0.6) is 5.75 Å². The molecule has 1 heterocycles. The molecule has 1 fully saturated rings. The standard InChI is InChI=1S/C10H13NO2/c1-11-10(7-8-12-11)13-9-5-3-2-4-6-9/h2-6,10H,7-8H2,1H3. The first kappa shape index (κ1) is 8.53. The highest BCUT2D eigenvalue weighted by atomic mass is 16.7. The third kappa shape index (κ3) is 1.99. The van der Waals surface area contributed by atoms with E-state index >= 15 is 0 Å². The van der Waals surface area contributed by atoms with E-state index in [1.807, 2.05) is 37.4 Å². The van der Waals surface area contributed by atoms with Crippen LogP contribution in [0.1, 0.15) is 6.42 Å². The maximum atomic E-state index is 5.69. The lowest BCUT2D eigenvalue weighted by molar-refractivity contribution is -0.151. The zero-order valence-electron chi connectivity index (χ0n) is 7.64. The molecule has 0 aliphatic carbocycles. The van der Waals surface area contributed by atoms with E-state index in [1.165, 1.54) is 0 Å². The third-order valence-electron chi connectivity index (χ3n) is 2.08. The first-order valence-corrected chi connectivity index (χ1v) is 4.44. The highest BCUT2D eigenvalue weighted by molar-refractivity contribution is 5.21. The van der Waals surface area contributed by atoms with Gasteiger partial charge < -0.3 is 4.74 Å². The fraction of sp³-hybridized carbons (Fsp3) is 0.400. The van der Waals surface area contributed by atoms with E-state index in [2.05, 4.69) is 0 Å². The van der Waals surface area contributed by atoms with Crippen LogP contribution in [0.2, 0.25) is 0 Å². The number of hydrogen-bond acceptors (Lipinski definition) is 3. The molecule has 1 aromatic rings. The Morgan fingerprint density at radius 3 is 2.77 bits per heavy atom. The molecule has 1 aliphatic rings. The molecule has 13 heavy (non-hydrogen) atoms. The monoisotopic (exact) mass is 179 g/mol. The molecule has 1 saturated heterocycles. The molecular weight excluding hydrogens is 166 g/mol. The van der Waals surface area contributed by atoms with Crippen LogP contribution < -0.4 is 4.74 Å². The van der Waals surface area contributed by atoms with Gasteiger partial charge >= 0.3 is 0 Å². The number of hydrogen-bond donors (Lipinski definition) is 0. The third-order valence-corrected chi connectivity index (χ3v) is 2.08. The topological polar surface area (TPSA) is 21.7 Å². The van der Waals surface area contributed by atoms with E-state index in [4.69, 9.17) is 9.57 Å². The summed E-state index contributed by atoms with van der Waals surface area (Å²) in [6.07, 6.45) is 0.980. The van der Waals surface area contributed by atoms with Gasteiger partial charge in [-0.1, -0.05) is 18.2 Å². The first-order valence-electron chi connectivity index (χ1n) is 4.44. The van der Waals surface area contributed by atoms with Crippen molar-refractivity contribution in [3.63, 3.8) is 0 Å². The van der Waals surface area contributed by atoms with Crippen LogP contribution in [0.25, 0.3) is 0 Å². The summed E-state index contributed by atoms with van der Waals surface area (Å²) < 4.78 is 5.69. The Morgan fingerprint density at radius 1 is 1.38 bits per heavy atom. The molecule has 1 aliphatic heterocycles. The zero-order valence-corrected chi connectivity index (χ0v) is 7.64. The molecule has 0 radical (unpaired) electrons. The number of nitrogens with zero attached hydrogens (tertiary/aromatic N) is 1. The van der Waals surface area contributed by atoms with Gasteiger partial charge in [0.25, 0.3) is 0 Å². The molecule has 3 nitrogen and oxygen atoms in total. The molecule has 0 N–H and O–H groups in total. The highest BCUT2D eigenvalue weighted by Gasteiger charge is 2.23. The molecule has 2 rings (SSSR count). The lowest BCUT2D eigenvalue weighted by Gasteiger charge is -2.18. The van der Waals surface area contributed by atoms with Crippen molar-refractivity contribution >= 4 is 0 Å².